The molecule has 1 aliphatic rings. The fourth-order valence-electron chi connectivity index (χ4n) is 2.38. The van der Waals surface area contributed by atoms with E-state index in [0.29, 0.717) is 16.1 Å². The molecule has 0 unspecified atom stereocenters. The SMILES string of the molecule is C[C@H](Sc1cc(Cl)ccc1Cl)C(=O)NC1CCCCC1. The lowest BCUT2D eigenvalue weighted by Gasteiger charge is -2.24. The van der Waals surface area contributed by atoms with Crippen LogP contribution in [0.5, 0.6) is 0 Å². The Balaban J connectivity index is 1.91. The summed E-state index contributed by atoms with van der Waals surface area (Å²) in [6.45, 7) is 1.90. The van der Waals surface area contributed by atoms with E-state index in [9.17, 15) is 4.79 Å². The van der Waals surface area contributed by atoms with Gasteiger partial charge in [-0.15, -0.1) is 11.8 Å². The van der Waals surface area contributed by atoms with E-state index in [1.54, 1.807) is 18.2 Å². The molecule has 0 radical (unpaired) electrons. The molecule has 1 saturated carbocycles. The minimum absolute atomic E-state index is 0.0814. The third-order valence-electron chi connectivity index (χ3n) is 3.52. The zero-order valence-electron chi connectivity index (χ0n) is 11.5. The van der Waals surface area contributed by atoms with Crippen LogP contribution in [0.25, 0.3) is 0 Å². The standard InChI is InChI=1S/C15H19Cl2NOS/c1-10(15(19)18-12-5-3-2-4-6-12)20-14-9-11(16)7-8-13(14)17/h7-10,12H,2-6H2,1H3,(H,18,19)/t10-/m0/s1. The molecule has 20 heavy (non-hydrogen) atoms. The third kappa shape index (κ3) is 4.57. The van der Waals surface area contributed by atoms with Gasteiger partial charge in [0.05, 0.1) is 10.3 Å². The van der Waals surface area contributed by atoms with Gasteiger partial charge >= 0.3 is 0 Å². The summed E-state index contributed by atoms with van der Waals surface area (Å²) < 4.78 is 0. The van der Waals surface area contributed by atoms with Gasteiger partial charge in [0.25, 0.3) is 0 Å². The van der Waals surface area contributed by atoms with Crippen LogP contribution in [0.3, 0.4) is 0 Å². The summed E-state index contributed by atoms with van der Waals surface area (Å²) in [5.74, 6) is 0.0814. The molecule has 2 nitrogen and oxygen atoms in total. The normalized spacial score (nSPS) is 17.8. The summed E-state index contributed by atoms with van der Waals surface area (Å²) in [5, 5.41) is 4.24. The summed E-state index contributed by atoms with van der Waals surface area (Å²) in [4.78, 5) is 13.1. The molecule has 0 aliphatic heterocycles. The number of thioether (sulfide) groups is 1. The zero-order valence-corrected chi connectivity index (χ0v) is 13.8. The van der Waals surface area contributed by atoms with Gasteiger partial charge in [0.2, 0.25) is 5.91 Å². The molecule has 0 heterocycles. The molecule has 1 aromatic rings. The number of amides is 1. The summed E-state index contributed by atoms with van der Waals surface area (Å²) in [6.07, 6.45) is 5.91. The Kier molecular flexibility index (Phi) is 6.06. The van der Waals surface area contributed by atoms with Crippen molar-refractivity contribution in [3.8, 4) is 0 Å². The highest BCUT2D eigenvalue weighted by Crippen LogP contribution is 2.32. The molecule has 1 aromatic carbocycles. The molecule has 1 amide bonds. The third-order valence-corrected chi connectivity index (χ3v) is 5.35. The van der Waals surface area contributed by atoms with E-state index >= 15 is 0 Å². The van der Waals surface area contributed by atoms with Gasteiger partial charge in [0, 0.05) is 16.0 Å². The van der Waals surface area contributed by atoms with Crippen molar-refractivity contribution in [3.05, 3.63) is 28.2 Å². The summed E-state index contributed by atoms with van der Waals surface area (Å²) in [5.41, 5.74) is 0. The topological polar surface area (TPSA) is 29.1 Å². The summed E-state index contributed by atoms with van der Waals surface area (Å²) in [7, 11) is 0. The molecular weight excluding hydrogens is 313 g/mol. The van der Waals surface area contributed by atoms with Crippen molar-refractivity contribution in [1.29, 1.82) is 0 Å². The molecule has 0 saturated heterocycles. The van der Waals surface area contributed by atoms with E-state index in [0.717, 1.165) is 17.7 Å². The number of hydrogen-bond acceptors (Lipinski definition) is 2. The van der Waals surface area contributed by atoms with E-state index in [4.69, 9.17) is 23.2 Å². The zero-order chi connectivity index (χ0) is 14.5. The Labute approximate surface area is 134 Å². The summed E-state index contributed by atoms with van der Waals surface area (Å²) in [6, 6.07) is 5.66. The fourth-order valence-corrected chi connectivity index (χ4v) is 3.80. The van der Waals surface area contributed by atoms with Gasteiger partial charge < -0.3 is 5.32 Å². The molecule has 1 fully saturated rings. The van der Waals surface area contributed by atoms with Crippen molar-refractivity contribution in [3.63, 3.8) is 0 Å². The van der Waals surface area contributed by atoms with Crippen molar-refractivity contribution in [2.24, 2.45) is 0 Å². The maximum Gasteiger partial charge on any atom is 0.233 e. The maximum absolute atomic E-state index is 12.2. The lowest BCUT2D eigenvalue weighted by atomic mass is 9.95. The van der Waals surface area contributed by atoms with Crippen molar-refractivity contribution < 1.29 is 4.79 Å². The van der Waals surface area contributed by atoms with E-state index in [1.165, 1.54) is 31.0 Å². The lowest BCUT2D eigenvalue weighted by molar-refractivity contribution is -0.121. The van der Waals surface area contributed by atoms with Crippen molar-refractivity contribution in [2.75, 3.05) is 0 Å². The molecule has 0 aromatic heterocycles. The largest absolute Gasteiger partial charge is 0.352 e. The van der Waals surface area contributed by atoms with Crippen molar-refractivity contribution in [2.45, 2.75) is 55.2 Å². The molecule has 5 heteroatoms. The molecule has 1 N–H and O–H groups in total. The van der Waals surface area contributed by atoms with Gasteiger partial charge in [-0.2, -0.15) is 0 Å². The van der Waals surface area contributed by atoms with Crippen LogP contribution in [-0.2, 0) is 4.79 Å². The van der Waals surface area contributed by atoms with Crippen LogP contribution < -0.4 is 5.32 Å². The lowest BCUT2D eigenvalue weighted by Crippen LogP contribution is -2.40. The first-order valence-corrected chi connectivity index (χ1v) is 8.62. The monoisotopic (exact) mass is 331 g/mol. The minimum Gasteiger partial charge on any atom is -0.352 e. The van der Waals surface area contributed by atoms with E-state index in [2.05, 4.69) is 5.32 Å². The number of rotatable bonds is 4. The van der Waals surface area contributed by atoms with E-state index in [1.807, 2.05) is 6.92 Å². The fraction of sp³-hybridized carbons (Fsp3) is 0.533. The maximum atomic E-state index is 12.2. The van der Waals surface area contributed by atoms with Gasteiger partial charge in [-0.1, -0.05) is 42.5 Å². The van der Waals surface area contributed by atoms with Crippen molar-refractivity contribution >= 4 is 40.9 Å². The van der Waals surface area contributed by atoms with Gasteiger partial charge in [0.15, 0.2) is 0 Å². The van der Waals surface area contributed by atoms with Gasteiger partial charge in [0.1, 0.15) is 0 Å². The molecule has 2 rings (SSSR count). The first-order valence-electron chi connectivity index (χ1n) is 6.98. The van der Waals surface area contributed by atoms with Crippen LogP contribution in [0.15, 0.2) is 23.1 Å². The first kappa shape index (κ1) is 16.0. The predicted octanol–water partition coefficient (Wildman–Crippen LogP) is 4.92. The molecule has 0 spiro atoms. The van der Waals surface area contributed by atoms with E-state index < -0.39 is 0 Å². The van der Waals surface area contributed by atoms with Crippen molar-refractivity contribution in [1.82, 2.24) is 5.32 Å². The second-order valence-electron chi connectivity index (χ2n) is 5.18. The van der Waals surface area contributed by atoms with Gasteiger partial charge in [-0.05, 0) is 38.0 Å². The number of benzene rings is 1. The number of carbonyl (C=O) groups is 1. The number of carbonyl (C=O) groups excluding carboxylic acids is 1. The number of hydrogen-bond donors (Lipinski definition) is 1. The Morgan fingerprint density at radius 3 is 2.70 bits per heavy atom. The first-order chi connectivity index (χ1) is 9.56. The minimum atomic E-state index is -0.173. The quantitative estimate of drug-likeness (QED) is 0.793. The average Bonchev–Trinajstić information content (AvgIpc) is 2.44. The van der Waals surface area contributed by atoms with Crippen LogP contribution >= 0.6 is 35.0 Å². The average molecular weight is 332 g/mol. The molecule has 0 bridgehead atoms. The van der Waals surface area contributed by atoms with Crippen LogP contribution in [0.1, 0.15) is 39.0 Å². The highest BCUT2D eigenvalue weighted by atomic mass is 35.5. The molecule has 1 atom stereocenters. The van der Waals surface area contributed by atoms with Crippen LogP contribution in [0.4, 0.5) is 0 Å². The highest BCUT2D eigenvalue weighted by Gasteiger charge is 2.21. The highest BCUT2D eigenvalue weighted by molar-refractivity contribution is 8.00. The van der Waals surface area contributed by atoms with Gasteiger partial charge in [-0.25, -0.2) is 0 Å². The molecule has 110 valence electrons. The Hall–Kier alpha value is -0.380. The predicted molar refractivity (Wildman–Crippen MR) is 86.8 cm³/mol. The number of halogens is 2. The smallest absolute Gasteiger partial charge is 0.233 e. The Bertz CT molecular complexity index is 475. The van der Waals surface area contributed by atoms with Crippen LogP contribution in [-0.4, -0.2) is 17.2 Å². The van der Waals surface area contributed by atoms with E-state index in [-0.39, 0.29) is 11.2 Å². The summed E-state index contributed by atoms with van der Waals surface area (Å²) >= 11 is 13.5. The molecular formula is C15H19Cl2NOS. The van der Waals surface area contributed by atoms with Gasteiger partial charge in [-0.3, -0.25) is 4.79 Å². The second-order valence-corrected chi connectivity index (χ2v) is 7.40. The van der Waals surface area contributed by atoms with Crippen LogP contribution in [0, 0.1) is 0 Å². The Morgan fingerprint density at radius 1 is 1.30 bits per heavy atom. The second kappa shape index (κ2) is 7.58. The number of nitrogens with one attached hydrogen (secondary N) is 1. The molecule has 1 aliphatic carbocycles. The van der Waals surface area contributed by atoms with Crippen LogP contribution in [0.2, 0.25) is 10.0 Å². The Morgan fingerprint density at radius 2 is 2.00 bits per heavy atom.